The van der Waals surface area contributed by atoms with Crippen molar-refractivity contribution in [2.24, 2.45) is 0 Å². The lowest BCUT2D eigenvalue weighted by Gasteiger charge is -2.14. The summed E-state index contributed by atoms with van der Waals surface area (Å²) in [6.07, 6.45) is 1.39. The fraction of sp³-hybridized carbons (Fsp3) is 0.333. The maximum absolute atomic E-state index is 12.2. The predicted octanol–water partition coefficient (Wildman–Crippen LogP) is 3.39. The van der Waals surface area contributed by atoms with Gasteiger partial charge in [-0.05, 0) is 36.5 Å². The molecule has 1 amide bonds. The summed E-state index contributed by atoms with van der Waals surface area (Å²) in [5, 5.41) is 2.79. The number of carbonyl (C=O) groups is 2. The van der Waals surface area contributed by atoms with Crippen LogP contribution in [0.15, 0.2) is 54.6 Å². The first-order valence-electron chi connectivity index (χ1n) is 8.64. The van der Waals surface area contributed by atoms with Crippen molar-refractivity contribution in [3.8, 4) is 0 Å². The molecular weight excluding hydrogens is 314 g/mol. The minimum absolute atomic E-state index is 0.240. The van der Waals surface area contributed by atoms with Crippen LogP contribution in [0.25, 0.3) is 0 Å². The molecule has 0 unspecified atom stereocenters. The van der Waals surface area contributed by atoms with Crippen molar-refractivity contribution in [2.45, 2.75) is 32.6 Å². The Morgan fingerprint density at radius 2 is 1.72 bits per heavy atom. The standard InChI is InChI=1S/C21H25NO3/c1-3-19(18-11-5-4-6-12-18)21(24)25-15-20(23)22-14-13-17-10-8-7-9-16(17)2/h4-12,19H,3,13-15H2,1-2H3,(H,22,23)/t19-/m0/s1. The first-order valence-corrected chi connectivity index (χ1v) is 8.64. The maximum atomic E-state index is 12.2. The van der Waals surface area contributed by atoms with E-state index in [0.29, 0.717) is 13.0 Å². The first-order chi connectivity index (χ1) is 12.1. The van der Waals surface area contributed by atoms with Gasteiger partial charge in [0.25, 0.3) is 5.91 Å². The highest BCUT2D eigenvalue weighted by Crippen LogP contribution is 2.20. The number of hydrogen-bond donors (Lipinski definition) is 1. The molecule has 4 heteroatoms. The summed E-state index contributed by atoms with van der Waals surface area (Å²) in [7, 11) is 0. The molecule has 0 saturated carbocycles. The summed E-state index contributed by atoms with van der Waals surface area (Å²) >= 11 is 0. The van der Waals surface area contributed by atoms with Crippen LogP contribution >= 0.6 is 0 Å². The first kappa shape index (κ1) is 18.7. The summed E-state index contributed by atoms with van der Waals surface area (Å²) in [4.78, 5) is 24.1. The molecule has 0 spiro atoms. The number of nitrogens with one attached hydrogen (secondary N) is 1. The lowest BCUT2D eigenvalue weighted by atomic mass is 9.97. The van der Waals surface area contributed by atoms with E-state index < -0.39 is 0 Å². The SMILES string of the molecule is CC[C@H](C(=O)OCC(=O)NCCc1ccccc1C)c1ccccc1. The molecule has 0 aliphatic heterocycles. The van der Waals surface area contributed by atoms with E-state index in [1.807, 2.05) is 68.4 Å². The average molecular weight is 339 g/mol. The minimum Gasteiger partial charge on any atom is -0.455 e. The highest BCUT2D eigenvalue weighted by atomic mass is 16.5. The molecule has 2 aromatic rings. The Bertz CT molecular complexity index is 697. The molecular formula is C21H25NO3. The smallest absolute Gasteiger partial charge is 0.313 e. The molecule has 2 rings (SSSR count). The predicted molar refractivity (Wildman–Crippen MR) is 98.3 cm³/mol. The number of rotatable bonds is 8. The van der Waals surface area contributed by atoms with Crippen LogP contribution in [-0.2, 0) is 20.7 Å². The largest absolute Gasteiger partial charge is 0.455 e. The molecule has 0 bridgehead atoms. The zero-order chi connectivity index (χ0) is 18.1. The van der Waals surface area contributed by atoms with Crippen molar-refractivity contribution >= 4 is 11.9 Å². The third kappa shape index (κ3) is 5.75. The number of ether oxygens (including phenoxy) is 1. The summed E-state index contributed by atoms with van der Waals surface area (Å²) in [6, 6.07) is 17.6. The Morgan fingerprint density at radius 3 is 2.40 bits per heavy atom. The van der Waals surface area contributed by atoms with Crippen LogP contribution in [0.5, 0.6) is 0 Å². The molecule has 25 heavy (non-hydrogen) atoms. The van der Waals surface area contributed by atoms with Gasteiger partial charge in [-0.15, -0.1) is 0 Å². The van der Waals surface area contributed by atoms with Gasteiger partial charge >= 0.3 is 5.97 Å². The van der Waals surface area contributed by atoms with E-state index in [1.165, 1.54) is 11.1 Å². The van der Waals surface area contributed by atoms with Crippen molar-refractivity contribution in [1.29, 1.82) is 0 Å². The molecule has 0 aliphatic carbocycles. The highest BCUT2D eigenvalue weighted by molar-refractivity contribution is 5.83. The van der Waals surface area contributed by atoms with Crippen molar-refractivity contribution in [3.05, 3.63) is 71.3 Å². The number of aryl methyl sites for hydroxylation is 1. The van der Waals surface area contributed by atoms with Gasteiger partial charge in [0.2, 0.25) is 0 Å². The van der Waals surface area contributed by atoms with Gasteiger partial charge in [-0.25, -0.2) is 0 Å². The zero-order valence-electron chi connectivity index (χ0n) is 14.8. The molecule has 0 aliphatic rings. The van der Waals surface area contributed by atoms with E-state index in [4.69, 9.17) is 4.74 Å². The fourth-order valence-electron chi connectivity index (χ4n) is 2.74. The fourth-order valence-corrected chi connectivity index (χ4v) is 2.74. The molecule has 0 saturated heterocycles. The van der Waals surface area contributed by atoms with Crippen molar-refractivity contribution in [2.75, 3.05) is 13.2 Å². The van der Waals surface area contributed by atoms with Gasteiger partial charge in [-0.1, -0.05) is 61.5 Å². The Hall–Kier alpha value is -2.62. The van der Waals surface area contributed by atoms with E-state index in [-0.39, 0.29) is 24.4 Å². The average Bonchev–Trinajstić information content (AvgIpc) is 2.63. The number of hydrogen-bond acceptors (Lipinski definition) is 3. The Labute approximate surface area is 149 Å². The summed E-state index contributed by atoms with van der Waals surface area (Å²) in [5.74, 6) is -0.964. The highest BCUT2D eigenvalue weighted by Gasteiger charge is 2.20. The molecule has 0 radical (unpaired) electrons. The number of esters is 1. The van der Waals surface area contributed by atoms with E-state index in [2.05, 4.69) is 5.32 Å². The van der Waals surface area contributed by atoms with E-state index in [1.54, 1.807) is 0 Å². The third-order valence-corrected chi connectivity index (χ3v) is 4.22. The lowest BCUT2D eigenvalue weighted by molar-refractivity contribution is -0.150. The van der Waals surface area contributed by atoms with Crippen molar-refractivity contribution in [3.63, 3.8) is 0 Å². The molecule has 0 heterocycles. The molecule has 0 fully saturated rings. The molecule has 0 aromatic heterocycles. The normalized spacial score (nSPS) is 11.6. The Kier molecular flexibility index (Phi) is 7.20. The zero-order valence-corrected chi connectivity index (χ0v) is 14.8. The quantitative estimate of drug-likeness (QED) is 0.750. The maximum Gasteiger partial charge on any atom is 0.313 e. The van der Waals surface area contributed by atoms with Crippen LogP contribution in [0, 0.1) is 6.92 Å². The van der Waals surface area contributed by atoms with Crippen molar-refractivity contribution < 1.29 is 14.3 Å². The van der Waals surface area contributed by atoms with E-state index in [9.17, 15) is 9.59 Å². The molecule has 132 valence electrons. The molecule has 2 aromatic carbocycles. The van der Waals surface area contributed by atoms with Gasteiger partial charge in [0.05, 0.1) is 5.92 Å². The lowest BCUT2D eigenvalue weighted by Crippen LogP contribution is -2.31. The molecule has 4 nitrogen and oxygen atoms in total. The van der Waals surface area contributed by atoms with Gasteiger partial charge in [-0.2, -0.15) is 0 Å². The molecule has 1 N–H and O–H groups in total. The second-order valence-corrected chi connectivity index (χ2v) is 6.01. The van der Waals surface area contributed by atoms with Gasteiger partial charge in [0.15, 0.2) is 6.61 Å². The third-order valence-electron chi connectivity index (χ3n) is 4.22. The van der Waals surface area contributed by atoms with Gasteiger partial charge in [0.1, 0.15) is 0 Å². The second kappa shape index (κ2) is 9.62. The van der Waals surface area contributed by atoms with Gasteiger partial charge < -0.3 is 10.1 Å². The van der Waals surface area contributed by atoms with E-state index in [0.717, 1.165) is 12.0 Å². The van der Waals surface area contributed by atoms with E-state index >= 15 is 0 Å². The van der Waals surface area contributed by atoms with Crippen molar-refractivity contribution in [1.82, 2.24) is 5.32 Å². The number of benzene rings is 2. The van der Waals surface area contributed by atoms with Crippen LogP contribution < -0.4 is 5.32 Å². The Balaban J connectivity index is 1.75. The van der Waals surface area contributed by atoms with Crippen LogP contribution in [0.2, 0.25) is 0 Å². The second-order valence-electron chi connectivity index (χ2n) is 6.01. The summed E-state index contributed by atoms with van der Waals surface area (Å²) < 4.78 is 5.19. The summed E-state index contributed by atoms with van der Waals surface area (Å²) in [5.41, 5.74) is 3.32. The van der Waals surface area contributed by atoms with Crippen LogP contribution in [0.4, 0.5) is 0 Å². The van der Waals surface area contributed by atoms with Crippen LogP contribution in [0.1, 0.15) is 36.0 Å². The topological polar surface area (TPSA) is 55.4 Å². The molecule has 1 atom stereocenters. The monoisotopic (exact) mass is 339 g/mol. The van der Waals surface area contributed by atoms with Crippen LogP contribution in [0.3, 0.4) is 0 Å². The number of amides is 1. The number of carbonyl (C=O) groups excluding carboxylic acids is 2. The minimum atomic E-state index is -0.359. The summed E-state index contributed by atoms with van der Waals surface area (Å²) in [6.45, 7) is 4.27. The van der Waals surface area contributed by atoms with Gasteiger partial charge in [-0.3, -0.25) is 9.59 Å². The van der Waals surface area contributed by atoms with Crippen LogP contribution in [-0.4, -0.2) is 25.0 Å². The van der Waals surface area contributed by atoms with Gasteiger partial charge in [0, 0.05) is 6.54 Å². The Morgan fingerprint density at radius 1 is 1.04 bits per heavy atom.